The van der Waals surface area contributed by atoms with Crippen LogP contribution in [0, 0.1) is 11.8 Å². The Hall–Kier alpha value is -0.0400. The van der Waals surface area contributed by atoms with Crippen LogP contribution < -0.4 is 5.32 Å². The van der Waals surface area contributed by atoms with Gasteiger partial charge in [-0.25, -0.2) is 0 Å². The fourth-order valence-electron chi connectivity index (χ4n) is 3.26. The Morgan fingerprint density at radius 3 is 1.85 bits per heavy atom. The molecule has 1 rings (SSSR count). The molecule has 120 valence electrons. The molecule has 1 N–H and O–H groups in total. The maximum atomic E-state index is 3.68. The van der Waals surface area contributed by atoms with Crippen molar-refractivity contribution >= 4 is 0 Å². The summed E-state index contributed by atoms with van der Waals surface area (Å²) in [6.45, 7) is 10.4. The first kappa shape index (κ1) is 18.0. The highest BCUT2D eigenvalue weighted by molar-refractivity contribution is 4.84. The molecule has 0 amide bonds. The highest BCUT2D eigenvalue weighted by atomic mass is 14.9. The predicted octanol–water partition coefficient (Wildman–Crippen LogP) is 5.93. The summed E-state index contributed by atoms with van der Waals surface area (Å²) in [4.78, 5) is 0. The van der Waals surface area contributed by atoms with E-state index in [1.165, 1.54) is 77.2 Å². The van der Waals surface area contributed by atoms with Crippen molar-refractivity contribution in [2.75, 3.05) is 6.54 Å². The molecule has 1 nitrogen and oxygen atoms in total. The van der Waals surface area contributed by atoms with Crippen molar-refractivity contribution in [2.45, 2.75) is 104 Å². The standard InChI is InChI=1S/C19H39N/c1-5-6-7-8-9-10-11-12-13-17-14-15-18(17)16-20-19(2,3)4/h17-18,20H,5-16H2,1-4H3. The molecule has 1 fully saturated rings. The molecule has 0 radical (unpaired) electrons. The molecule has 0 aromatic heterocycles. The zero-order valence-electron chi connectivity index (χ0n) is 14.6. The third kappa shape index (κ3) is 8.29. The highest BCUT2D eigenvalue weighted by Crippen LogP contribution is 2.37. The van der Waals surface area contributed by atoms with E-state index in [2.05, 4.69) is 33.0 Å². The Morgan fingerprint density at radius 1 is 0.800 bits per heavy atom. The summed E-state index contributed by atoms with van der Waals surface area (Å²) in [7, 11) is 0. The van der Waals surface area contributed by atoms with Gasteiger partial charge in [-0.15, -0.1) is 0 Å². The summed E-state index contributed by atoms with van der Waals surface area (Å²) in [6.07, 6.45) is 16.1. The summed E-state index contributed by atoms with van der Waals surface area (Å²) in [6, 6.07) is 0. The normalized spacial score (nSPS) is 22.8. The number of hydrogen-bond donors (Lipinski definition) is 1. The van der Waals surface area contributed by atoms with E-state index in [1.54, 1.807) is 0 Å². The van der Waals surface area contributed by atoms with Crippen LogP contribution in [0.3, 0.4) is 0 Å². The molecule has 1 aliphatic carbocycles. The van der Waals surface area contributed by atoms with E-state index in [-0.39, 0.29) is 0 Å². The Kier molecular flexibility index (Phi) is 8.84. The van der Waals surface area contributed by atoms with Gasteiger partial charge in [-0.1, -0.05) is 64.7 Å². The Morgan fingerprint density at radius 2 is 1.35 bits per heavy atom. The van der Waals surface area contributed by atoms with Gasteiger partial charge in [-0.3, -0.25) is 0 Å². The zero-order chi connectivity index (χ0) is 14.8. The van der Waals surface area contributed by atoms with Gasteiger partial charge < -0.3 is 5.32 Å². The van der Waals surface area contributed by atoms with Crippen LogP contribution in [-0.4, -0.2) is 12.1 Å². The number of hydrogen-bond acceptors (Lipinski definition) is 1. The lowest BCUT2D eigenvalue weighted by Crippen LogP contribution is -2.43. The molecule has 0 heterocycles. The molecule has 1 heteroatoms. The van der Waals surface area contributed by atoms with E-state index in [1.807, 2.05) is 0 Å². The van der Waals surface area contributed by atoms with E-state index < -0.39 is 0 Å². The Bertz CT molecular complexity index is 228. The Labute approximate surface area is 128 Å². The molecule has 0 aromatic carbocycles. The van der Waals surface area contributed by atoms with E-state index in [9.17, 15) is 0 Å². The van der Waals surface area contributed by atoms with E-state index in [0.29, 0.717) is 5.54 Å². The van der Waals surface area contributed by atoms with E-state index in [0.717, 1.165) is 11.8 Å². The smallest absolute Gasteiger partial charge is 0.00966 e. The van der Waals surface area contributed by atoms with Gasteiger partial charge in [0.05, 0.1) is 0 Å². The molecule has 0 aliphatic heterocycles. The molecule has 1 aliphatic rings. The van der Waals surface area contributed by atoms with Gasteiger partial charge in [0.25, 0.3) is 0 Å². The van der Waals surface area contributed by atoms with Gasteiger partial charge in [0.1, 0.15) is 0 Å². The predicted molar refractivity (Wildman–Crippen MR) is 91.2 cm³/mol. The molecule has 0 bridgehead atoms. The average Bonchev–Trinajstić information content (AvgIpc) is 2.34. The van der Waals surface area contributed by atoms with Crippen LogP contribution >= 0.6 is 0 Å². The second kappa shape index (κ2) is 9.82. The average molecular weight is 282 g/mol. The van der Waals surface area contributed by atoms with Crippen LogP contribution in [-0.2, 0) is 0 Å². The molecule has 0 aromatic rings. The highest BCUT2D eigenvalue weighted by Gasteiger charge is 2.30. The molecular formula is C19H39N. The topological polar surface area (TPSA) is 12.0 Å². The third-order valence-electron chi connectivity index (χ3n) is 4.90. The fourth-order valence-corrected chi connectivity index (χ4v) is 3.26. The molecule has 0 spiro atoms. The summed E-state index contributed by atoms with van der Waals surface area (Å²) < 4.78 is 0. The van der Waals surface area contributed by atoms with Crippen LogP contribution in [0.25, 0.3) is 0 Å². The van der Waals surface area contributed by atoms with Gasteiger partial charge in [-0.2, -0.15) is 0 Å². The monoisotopic (exact) mass is 281 g/mol. The first-order valence-electron chi connectivity index (χ1n) is 9.28. The summed E-state index contributed by atoms with van der Waals surface area (Å²) >= 11 is 0. The van der Waals surface area contributed by atoms with E-state index in [4.69, 9.17) is 0 Å². The van der Waals surface area contributed by atoms with Crippen LogP contribution in [0.1, 0.15) is 98.3 Å². The number of nitrogens with one attached hydrogen (secondary N) is 1. The minimum Gasteiger partial charge on any atom is -0.312 e. The van der Waals surface area contributed by atoms with E-state index >= 15 is 0 Å². The number of rotatable bonds is 11. The molecule has 2 atom stereocenters. The van der Waals surface area contributed by atoms with Gasteiger partial charge in [-0.05, 0) is 52.0 Å². The third-order valence-corrected chi connectivity index (χ3v) is 4.90. The SMILES string of the molecule is CCCCCCCCCCC1CCC1CNC(C)(C)C. The van der Waals surface area contributed by atoms with Crippen molar-refractivity contribution in [3.8, 4) is 0 Å². The minimum atomic E-state index is 0.290. The minimum absolute atomic E-state index is 0.290. The first-order chi connectivity index (χ1) is 9.53. The lowest BCUT2D eigenvalue weighted by atomic mass is 9.71. The maximum Gasteiger partial charge on any atom is 0.00966 e. The largest absolute Gasteiger partial charge is 0.312 e. The van der Waals surface area contributed by atoms with Crippen molar-refractivity contribution in [1.82, 2.24) is 5.32 Å². The summed E-state index contributed by atoms with van der Waals surface area (Å²) in [5.74, 6) is 2.00. The van der Waals surface area contributed by atoms with Crippen molar-refractivity contribution in [3.05, 3.63) is 0 Å². The second-order valence-corrected chi connectivity index (χ2v) is 7.99. The lowest BCUT2D eigenvalue weighted by Gasteiger charge is -2.39. The first-order valence-corrected chi connectivity index (χ1v) is 9.28. The Balaban J connectivity index is 1.92. The van der Waals surface area contributed by atoms with Crippen LogP contribution in [0.15, 0.2) is 0 Å². The zero-order valence-corrected chi connectivity index (χ0v) is 14.6. The van der Waals surface area contributed by atoms with Gasteiger partial charge in [0, 0.05) is 5.54 Å². The van der Waals surface area contributed by atoms with Crippen LogP contribution in [0.5, 0.6) is 0 Å². The lowest BCUT2D eigenvalue weighted by molar-refractivity contribution is 0.146. The van der Waals surface area contributed by atoms with Gasteiger partial charge >= 0.3 is 0 Å². The molecule has 2 unspecified atom stereocenters. The fraction of sp³-hybridized carbons (Fsp3) is 1.00. The molecule has 1 saturated carbocycles. The van der Waals surface area contributed by atoms with Crippen molar-refractivity contribution < 1.29 is 0 Å². The molecule has 0 saturated heterocycles. The summed E-state index contributed by atoms with van der Waals surface area (Å²) in [5, 5.41) is 3.68. The molecule has 20 heavy (non-hydrogen) atoms. The van der Waals surface area contributed by atoms with Gasteiger partial charge in [0.2, 0.25) is 0 Å². The maximum absolute atomic E-state index is 3.68. The second-order valence-electron chi connectivity index (χ2n) is 7.99. The van der Waals surface area contributed by atoms with Crippen LogP contribution in [0.2, 0.25) is 0 Å². The van der Waals surface area contributed by atoms with Crippen molar-refractivity contribution in [3.63, 3.8) is 0 Å². The molecular weight excluding hydrogens is 242 g/mol. The van der Waals surface area contributed by atoms with Gasteiger partial charge in [0.15, 0.2) is 0 Å². The number of unbranched alkanes of at least 4 members (excludes halogenated alkanes) is 7. The van der Waals surface area contributed by atoms with Crippen molar-refractivity contribution in [2.24, 2.45) is 11.8 Å². The summed E-state index contributed by atoms with van der Waals surface area (Å²) in [5.41, 5.74) is 0.290. The van der Waals surface area contributed by atoms with Crippen LogP contribution in [0.4, 0.5) is 0 Å². The van der Waals surface area contributed by atoms with Crippen molar-refractivity contribution in [1.29, 1.82) is 0 Å². The quantitative estimate of drug-likeness (QED) is 0.463.